The maximum absolute atomic E-state index is 12.7. The van der Waals surface area contributed by atoms with Crippen molar-refractivity contribution in [3.8, 4) is 0 Å². The number of carbonyl (C=O) groups is 5. The number of benzene rings is 2. The number of fused-ring (bicyclic) bond motifs is 2. The molecule has 0 unspecified atom stereocenters. The summed E-state index contributed by atoms with van der Waals surface area (Å²) in [5.74, 6) is -4.30. The van der Waals surface area contributed by atoms with E-state index in [1.807, 2.05) is 0 Å². The van der Waals surface area contributed by atoms with E-state index in [9.17, 15) is 34.2 Å². The lowest BCUT2D eigenvalue weighted by molar-refractivity contribution is -0.140. The van der Waals surface area contributed by atoms with Crippen LogP contribution in [0.15, 0.2) is 60.9 Å². The van der Waals surface area contributed by atoms with Crippen LogP contribution in [0.4, 0.5) is 0 Å². The minimum atomic E-state index is -1.42. The van der Waals surface area contributed by atoms with E-state index in [0.29, 0.717) is 0 Å². The number of aliphatic carboxylic acids is 1. The number of carbonyl (C=O) groups excluding carboxylic acids is 4. The number of hydrogen-bond acceptors (Lipinski definition) is 8. The van der Waals surface area contributed by atoms with E-state index in [2.05, 4.69) is 6.58 Å². The molecule has 9 nitrogen and oxygen atoms in total. The van der Waals surface area contributed by atoms with Gasteiger partial charge in [-0.3, -0.25) is 29.0 Å². The summed E-state index contributed by atoms with van der Waals surface area (Å²) in [6.45, 7) is 3.47. The van der Waals surface area contributed by atoms with Gasteiger partial charge in [-0.05, 0) is 24.3 Å². The van der Waals surface area contributed by atoms with Crippen LogP contribution in [0.3, 0.4) is 0 Å². The van der Waals surface area contributed by atoms with E-state index in [-0.39, 0.29) is 33.8 Å². The van der Waals surface area contributed by atoms with Crippen molar-refractivity contribution in [2.24, 2.45) is 0 Å². The predicted octanol–water partition coefficient (Wildman–Crippen LogP) is 2.85. The Morgan fingerprint density at radius 3 is 1.35 bits per heavy atom. The Kier molecular flexibility index (Phi) is 6.49. The van der Waals surface area contributed by atoms with Crippen molar-refractivity contribution >= 4 is 51.2 Å². The van der Waals surface area contributed by atoms with Gasteiger partial charge in [0, 0.05) is 11.5 Å². The van der Waals surface area contributed by atoms with Gasteiger partial charge in [-0.2, -0.15) is 0 Å². The first-order valence-corrected chi connectivity index (χ1v) is 12.5. The van der Waals surface area contributed by atoms with Gasteiger partial charge in [0.15, 0.2) is 0 Å². The monoisotopic (exact) mass is 498 g/mol. The van der Waals surface area contributed by atoms with E-state index >= 15 is 0 Å². The highest BCUT2D eigenvalue weighted by Crippen LogP contribution is 2.33. The molecule has 4 amide bonds. The summed E-state index contributed by atoms with van der Waals surface area (Å²) >= 11 is 0. The second-order valence-corrected chi connectivity index (χ2v) is 10.0. The minimum Gasteiger partial charge on any atom is -0.511 e. The summed E-state index contributed by atoms with van der Waals surface area (Å²) in [4.78, 5) is 64.2. The quantitative estimate of drug-likeness (QED) is 0.232. The predicted molar refractivity (Wildman–Crippen MR) is 126 cm³/mol. The summed E-state index contributed by atoms with van der Waals surface area (Å²) in [6, 6.07) is 9.98. The summed E-state index contributed by atoms with van der Waals surface area (Å²) in [5.41, 5.74) is 0.762. The zero-order chi connectivity index (χ0) is 24.6. The maximum atomic E-state index is 12.7. The summed E-state index contributed by atoms with van der Waals surface area (Å²) in [7, 11) is 2.13. The molecule has 0 bridgehead atoms. The van der Waals surface area contributed by atoms with Crippen molar-refractivity contribution in [2.75, 3.05) is 11.5 Å². The van der Waals surface area contributed by atoms with Crippen molar-refractivity contribution in [3.63, 3.8) is 0 Å². The number of amides is 4. The SMILES string of the molecule is C=C(O)[C@H](CSSC[C@@H](C(=O)O)N1C(=O)c2ccccc2C1=O)N1C(=O)c2ccccc2C1=O. The average molecular weight is 499 g/mol. The van der Waals surface area contributed by atoms with Crippen molar-refractivity contribution in [3.05, 3.63) is 83.1 Å². The first-order chi connectivity index (χ1) is 16.2. The number of nitrogens with zero attached hydrogens (tertiary/aromatic N) is 2. The molecule has 2 aliphatic rings. The molecule has 0 saturated heterocycles. The molecule has 34 heavy (non-hydrogen) atoms. The summed E-state index contributed by atoms with van der Waals surface area (Å²) < 4.78 is 0. The molecule has 0 aromatic heterocycles. The third kappa shape index (κ3) is 3.97. The smallest absolute Gasteiger partial charge is 0.327 e. The van der Waals surface area contributed by atoms with Gasteiger partial charge in [-0.25, -0.2) is 4.79 Å². The first-order valence-electron chi connectivity index (χ1n) is 10.0. The van der Waals surface area contributed by atoms with Crippen LogP contribution in [-0.4, -0.2) is 73.2 Å². The van der Waals surface area contributed by atoms with Crippen LogP contribution in [-0.2, 0) is 4.79 Å². The van der Waals surface area contributed by atoms with Crippen LogP contribution in [0.25, 0.3) is 0 Å². The molecule has 0 saturated carbocycles. The van der Waals surface area contributed by atoms with E-state index in [4.69, 9.17) is 0 Å². The first kappa shape index (κ1) is 23.6. The number of rotatable bonds is 9. The number of carboxylic acids is 1. The zero-order valence-corrected chi connectivity index (χ0v) is 19.2. The van der Waals surface area contributed by atoms with Crippen LogP contribution in [0.2, 0.25) is 0 Å². The molecule has 2 N–H and O–H groups in total. The third-order valence-corrected chi connectivity index (χ3v) is 7.87. The molecule has 11 heteroatoms. The van der Waals surface area contributed by atoms with Gasteiger partial charge >= 0.3 is 5.97 Å². The summed E-state index contributed by atoms with van der Waals surface area (Å²) in [5, 5.41) is 19.7. The van der Waals surface area contributed by atoms with E-state index in [1.54, 1.807) is 24.3 Å². The van der Waals surface area contributed by atoms with Gasteiger partial charge in [0.25, 0.3) is 23.6 Å². The second kappa shape index (κ2) is 9.35. The average Bonchev–Trinajstić information content (AvgIpc) is 3.21. The van der Waals surface area contributed by atoms with E-state index in [0.717, 1.165) is 31.4 Å². The Morgan fingerprint density at radius 1 is 0.706 bits per heavy atom. The van der Waals surface area contributed by atoms with Crippen LogP contribution in [0, 0.1) is 0 Å². The van der Waals surface area contributed by atoms with Gasteiger partial charge in [0.05, 0.1) is 22.3 Å². The van der Waals surface area contributed by atoms with Crippen molar-refractivity contribution in [1.29, 1.82) is 0 Å². The Balaban J connectivity index is 1.42. The molecule has 0 spiro atoms. The van der Waals surface area contributed by atoms with Crippen LogP contribution in [0.1, 0.15) is 41.4 Å². The Hall–Kier alpha value is -3.57. The van der Waals surface area contributed by atoms with Gasteiger partial charge in [0.1, 0.15) is 17.8 Å². The highest BCUT2D eigenvalue weighted by molar-refractivity contribution is 8.76. The fourth-order valence-electron chi connectivity index (χ4n) is 3.78. The van der Waals surface area contributed by atoms with Crippen molar-refractivity contribution in [1.82, 2.24) is 9.80 Å². The van der Waals surface area contributed by atoms with Gasteiger partial charge in [-0.15, -0.1) is 0 Å². The molecule has 0 aliphatic carbocycles. The van der Waals surface area contributed by atoms with Gasteiger partial charge in [-0.1, -0.05) is 52.4 Å². The van der Waals surface area contributed by atoms with E-state index in [1.165, 1.54) is 24.3 Å². The van der Waals surface area contributed by atoms with Gasteiger partial charge < -0.3 is 10.2 Å². The number of aliphatic hydroxyl groups excluding tert-OH is 1. The topological polar surface area (TPSA) is 132 Å². The third-order valence-electron chi connectivity index (χ3n) is 5.48. The molecule has 2 atom stereocenters. The zero-order valence-electron chi connectivity index (χ0n) is 17.5. The fourth-order valence-corrected chi connectivity index (χ4v) is 6.22. The Morgan fingerprint density at radius 2 is 1.03 bits per heavy atom. The van der Waals surface area contributed by atoms with Crippen LogP contribution >= 0.6 is 21.6 Å². The fraction of sp³-hybridized carbons (Fsp3) is 0.174. The lowest BCUT2D eigenvalue weighted by Gasteiger charge is -2.25. The molecule has 2 aromatic rings. The molecule has 0 fully saturated rings. The van der Waals surface area contributed by atoms with E-state index < -0.39 is 47.4 Å². The molecular formula is C23H18N2O7S2. The van der Waals surface area contributed by atoms with Crippen LogP contribution < -0.4 is 0 Å². The number of imide groups is 2. The molecule has 0 radical (unpaired) electrons. The summed E-state index contributed by atoms with van der Waals surface area (Å²) in [6.07, 6.45) is 0. The lowest BCUT2D eigenvalue weighted by atomic mass is 10.1. The largest absolute Gasteiger partial charge is 0.511 e. The number of carboxylic acid groups (broad SMARTS) is 1. The van der Waals surface area contributed by atoms with Gasteiger partial charge in [0.2, 0.25) is 0 Å². The normalized spacial score (nSPS) is 16.5. The highest BCUT2D eigenvalue weighted by atomic mass is 33.1. The number of hydrogen-bond donors (Lipinski definition) is 2. The second-order valence-electron chi connectivity index (χ2n) is 7.48. The molecule has 4 rings (SSSR count). The molecule has 2 aliphatic heterocycles. The molecule has 2 aromatic carbocycles. The standard InChI is InChI=1S/C23H18N2O7S2/c1-12(26)17(24-19(27)13-6-2-3-7-14(13)20(24)28)10-33-34-11-18(23(31)32)25-21(29)15-8-4-5-9-16(15)22(25)30/h2-9,17-18,26H,1,10-11H2,(H,31,32)/t17-,18-/m0/s1. The minimum absolute atomic E-state index is 0.0277. The maximum Gasteiger partial charge on any atom is 0.327 e. The Bertz CT molecular complexity index is 1080. The Labute approximate surface area is 201 Å². The molecular weight excluding hydrogens is 480 g/mol. The molecule has 174 valence electrons. The van der Waals surface area contributed by atoms with Crippen molar-refractivity contribution < 1.29 is 34.2 Å². The van der Waals surface area contributed by atoms with Crippen LogP contribution in [0.5, 0.6) is 0 Å². The van der Waals surface area contributed by atoms with Crippen molar-refractivity contribution in [2.45, 2.75) is 12.1 Å². The highest BCUT2D eigenvalue weighted by Gasteiger charge is 2.43. The molecule has 2 heterocycles. The number of aliphatic hydroxyl groups is 1. The lowest BCUT2D eigenvalue weighted by Crippen LogP contribution is -2.46.